The molecule has 7 nitrogen and oxygen atoms in total. The molecule has 0 spiro atoms. The lowest BCUT2D eigenvalue weighted by Gasteiger charge is -2.22. The van der Waals surface area contributed by atoms with Crippen LogP contribution in [0.2, 0.25) is 0 Å². The quantitative estimate of drug-likeness (QED) is 0.531. The Kier molecular flexibility index (Phi) is 15.6. The maximum absolute atomic E-state index is 10.1. The highest BCUT2D eigenvalue weighted by atomic mass is 19.0. The molecule has 0 aromatic carbocycles. The van der Waals surface area contributed by atoms with Gasteiger partial charge >= 0.3 is 0 Å². The summed E-state index contributed by atoms with van der Waals surface area (Å²) >= 11 is 0. The molecule has 2 rings (SSSR count). The minimum atomic E-state index is 0. The van der Waals surface area contributed by atoms with Crippen LogP contribution in [-0.4, -0.2) is 23.3 Å². The zero-order valence-electron chi connectivity index (χ0n) is 12.8. The molecule has 25 heavy (non-hydrogen) atoms. The second-order valence-electron chi connectivity index (χ2n) is 4.22. The maximum Gasteiger partial charge on any atom is 0.124 e. The molecule has 0 radical (unpaired) electrons. The Hall–Kier alpha value is -3.08. The number of hydrogen-bond donors (Lipinski definition) is 0. The van der Waals surface area contributed by atoms with E-state index in [4.69, 9.17) is 4.74 Å². The molecule has 0 saturated heterocycles. The van der Waals surface area contributed by atoms with Gasteiger partial charge in [0.1, 0.15) is 13.5 Å². The van der Waals surface area contributed by atoms with Crippen LogP contribution < -0.4 is 0 Å². The fraction of sp³-hybridized carbons (Fsp3) is 0.143. The Balaban J connectivity index is -0.00000121. The van der Waals surface area contributed by atoms with Gasteiger partial charge in [0, 0.05) is 24.8 Å². The van der Waals surface area contributed by atoms with E-state index in [0.29, 0.717) is 13.5 Å². The third-order valence-corrected chi connectivity index (χ3v) is 2.72. The second-order valence-corrected chi connectivity index (χ2v) is 4.22. The van der Waals surface area contributed by atoms with Crippen LogP contribution in [0.5, 0.6) is 0 Å². The van der Waals surface area contributed by atoms with Gasteiger partial charge in [-0.25, -0.2) is 0 Å². The third kappa shape index (κ3) is 8.95. The molecule has 0 saturated carbocycles. The Labute approximate surface area is 140 Å². The van der Waals surface area contributed by atoms with Gasteiger partial charge in [0.2, 0.25) is 0 Å². The van der Waals surface area contributed by atoms with Gasteiger partial charge in [0.25, 0.3) is 0 Å². The number of nitroso groups, excluding NO2 is 2. The number of allylic oxidation sites excluding steroid dienone is 6. The lowest BCUT2D eigenvalue weighted by atomic mass is 10.2. The van der Waals surface area contributed by atoms with Gasteiger partial charge in [-0.15, -0.1) is 9.81 Å². The van der Waals surface area contributed by atoms with Crippen LogP contribution in [0.25, 0.3) is 0 Å². The zero-order valence-corrected chi connectivity index (χ0v) is 12.8. The van der Waals surface area contributed by atoms with Gasteiger partial charge < -0.3 is 14.5 Å². The van der Waals surface area contributed by atoms with Crippen LogP contribution in [0.4, 0.5) is 18.8 Å². The van der Waals surface area contributed by atoms with E-state index in [1.165, 1.54) is 12.4 Å². The molecular weight excluding hydrogens is 348 g/mol. The van der Waals surface area contributed by atoms with E-state index < -0.39 is 0 Å². The minimum absolute atomic E-state index is 0. The number of halogens is 4. The van der Waals surface area contributed by atoms with Crippen LogP contribution >= 0.6 is 0 Å². The molecule has 0 unspecified atom stereocenters. The molecule has 140 valence electrons. The normalized spacial score (nSPS) is 13.8. The molecule has 2 aliphatic rings. The predicted octanol–water partition coefficient (Wildman–Crippen LogP) is 3.51. The second kappa shape index (κ2) is 14.5. The van der Waals surface area contributed by atoms with Gasteiger partial charge in [-0.2, -0.15) is 0 Å². The van der Waals surface area contributed by atoms with Crippen LogP contribution in [0.1, 0.15) is 0 Å². The fourth-order valence-corrected chi connectivity index (χ4v) is 1.66. The van der Waals surface area contributed by atoms with E-state index in [2.05, 4.69) is 10.4 Å². The molecule has 0 fully saturated rings. The summed E-state index contributed by atoms with van der Waals surface area (Å²) in [6, 6.07) is 0. The summed E-state index contributed by atoms with van der Waals surface area (Å²) in [6.07, 6.45) is 16.8. The van der Waals surface area contributed by atoms with Crippen LogP contribution in [-0.2, 0) is 4.74 Å². The molecule has 2 heterocycles. The SMILES string of the molecule is F.F.F.F.O=NC=C1C=CN(COCN2C=CC(=CN=O)C=C2)C=C1. The standard InChI is InChI=1S/C14H14N4O3.4FH/c19-15-9-13-1-5-17(6-2-13)11-21-12-18-7-3-14(4-8-18)10-16-20;;;;/h1-10H,11-12H2;4*1H. The maximum atomic E-state index is 10.1. The van der Waals surface area contributed by atoms with Gasteiger partial charge in [-0.1, -0.05) is 0 Å². The van der Waals surface area contributed by atoms with E-state index >= 15 is 0 Å². The van der Waals surface area contributed by atoms with Crippen LogP contribution in [0, 0.1) is 9.81 Å². The molecule has 2 aliphatic heterocycles. The molecule has 0 aliphatic carbocycles. The van der Waals surface area contributed by atoms with Crippen molar-refractivity contribution in [3.63, 3.8) is 0 Å². The molecular formula is C14H18F4N4O3. The van der Waals surface area contributed by atoms with Crippen molar-refractivity contribution in [1.29, 1.82) is 0 Å². The molecule has 0 aromatic heterocycles. The highest BCUT2D eigenvalue weighted by Gasteiger charge is 2.03. The van der Waals surface area contributed by atoms with Crippen molar-refractivity contribution >= 4 is 0 Å². The van der Waals surface area contributed by atoms with Crippen molar-refractivity contribution in [2.45, 2.75) is 0 Å². The minimum Gasteiger partial charge on any atom is -0.340 e. The van der Waals surface area contributed by atoms with E-state index in [9.17, 15) is 9.81 Å². The first-order valence-electron chi connectivity index (χ1n) is 6.19. The average molecular weight is 366 g/mol. The smallest absolute Gasteiger partial charge is 0.124 e. The number of hydrogen-bond acceptors (Lipinski definition) is 7. The van der Waals surface area contributed by atoms with E-state index in [1.807, 2.05) is 9.80 Å². The Bertz CT molecular complexity index is 507. The first kappa shape index (κ1) is 26.8. The molecule has 0 bridgehead atoms. The molecule has 0 N–H and O–H groups in total. The summed E-state index contributed by atoms with van der Waals surface area (Å²) < 4.78 is 5.54. The predicted molar refractivity (Wildman–Crippen MR) is 88.8 cm³/mol. The van der Waals surface area contributed by atoms with Crippen LogP contribution in [0.15, 0.2) is 83.0 Å². The van der Waals surface area contributed by atoms with Crippen molar-refractivity contribution < 1.29 is 23.6 Å². The topological polar surface area (TPSA) is 74.6 Å². The van der Waals surface area contributed by atoms with E-state index in [-0.39, 0.29) is 18.8 Å². The molecule has 0 atom stereocenters. The average Bonchev–Trinajstić information content (AvgIpc) is 2.51. The largest absolute Gasteiger partial charge is 0.340 e. The van der Waals surface area contributed by atoms with Gasteiger partial charge in [0.15, 0.2) is 0 Å². The summed E-state index contributed by atoms with van der Waals surface area (Å²) in [6.45, 7) is 0.761. The van der Waals surface area contributed by atoms with Gasteiger partial charge in [-0.05, 0) is 45.8 Å². The van der Waals surface area contributed by atoms with Crippen molar-refractivity contribution in [1.82, 2.24) is 9.80 Å². The highest BCUT2D eigenvalue weighted by Crippen LogP contribution is 2.11. The summed E-state index contributed by atoms with van der Waals surface area (Å²) in [5, 5.41) is 5.42. The molecule has 11 heteroatoms. The Morgan fingerprint density at radius 1 is 0.720 bits per heavy atom. The molecule has 0 amide bonds. The van der Waals surface area contributed by atoms with Crippen molar-refractivity contribution in [2.24, 2.45) is 10.4 Å². The van der Waals surface area contributed by atoms with E-state index in [0.717, 1.165) is 11.1 Å². The first-order chi connectivity index (χ1) is 10.3. The van der Waals surface area contributed by atoms with Gasteiger partial charge in [0.05, 0.1) is 12.4 Å². The molecule has 0 aromatic rings. The van der Waals surface area contributed by atoms with Crippen molar-refractivity contribution in [2.75, 3.05) is 13.5 Å². The summed E-state index contributed by atoms with van der Waals surface area (Å²) in [5.41, 5.74) is 1.48. The van der Waals surface area contributed by atoms with Crippen molar-refractivity contribution in [3.05, 3.63) is 82.5 Å². The fourth-order valence-electron chi connectivity index (χ4n) is 1.66. The third-order valence-electron chi connectivity index (χ3n) is 2.72. The monoisotopic (exact) mass is 366 g/mol. The number of nitrogens with zero attached hydrogens (tertiary/aromatic N) is 4. The lowest BCUT2D eigenvalue weighted by molar-refractivity contribution is 0.0300. The highest BCUT2D eigenvalue weighted by molar-refractivity contribution is 5.33. The van der Waals surface area contributed by atoms with E-state index in [1.54, 1.807) is 49.1 Å². The first-order valence-corrected chi connectivity index (χ1v) is 6.19. The summed E-state index contributed by atoms with van der Waals surface area (Å²) in [4.78, 5) is 23.8. The Morgan fingerprint density at radius 3 is 1.32 bits per heavy atom. The lowest BCUT2D eigenvalue weighted by Crippen LogP contribution is -2.22. The number of rotatable bonds is 6. The zero-order chi connectivity index (χ0) is 14.9. The summed E-state index contributed by atoms with van der Waals surface area (Å²) in [7, 11) is 0. The van der Waals surface area contributed by atoms with Gasteiger partial charge in [-0.3, -0.25) is 18.8 Å². The number of ether oxygens (including phenoxy) is 1. The summed E-state index contributed by atoms with van der Waals surface area (Å²) in [5.74, 6) is 0. The van der Waals surface area contributed by atoms with Crippen molar-refractivity contribution in [3.8, 4) is 0 Å². The Morgan fingerprint density at radius 2 is 1.04 bits per heavy atom. The van der Waals surface area contributed by atoms with Crippen LogP contribution in [0.3, 0.4) is 0 Å².